The van der Waals surface area contributed by atoms with Crippen LogP contribution in [0.1, 0.15) is 23.6 Å². The van der Waals surface area contributed by atoms with Crippen molar-refractivity contribution in [1.29, 1.82) is 0 Å². The molecule has 0 spiro atoms. The second kappa shape index (κ2) is 5.80. The van der Waals surface area contributed by atoms with E-state index in [9.17, 15) is 4.79 Å². The maximum atomic E-state index is 12.0. The molecule has 0 saturated carbocycles. The molecule has 122 valence electrons. The molecule has 1 aliphatic rings. The molecule has 0 saturated heterocycles. The summed E-state index contributed by atoms with van der Waals surface area (Å²) in [4.78, 5) is 12.0. The monoisotopic (exact) mass is 320 g/mol. The summed E-state index contributed by atoms with van der Waals surface area (Å²) in [5, 5.41) is 1.21. The Kier molecular flexibility index (Phi) is 3.62. The van der Waals surface area contributed by atoms with Crippen molar-refractivity contribution in [1.82, 2.24) is 4.57 Å². The summed E-state index contributed by atoms with van der Waals surface area (Å²) in [5.41, 5.74) is 12.1. The third-order valence-corrected chi connectivity index (χ3v) is 4.89. The van der Waals surface area contributed by atoms with Gasteiger partial charge in [0.25, 0.3) is 0 Å². The molecule has 0 radical (unpaired) electrons. The van der Waals surface area contributed by atoms with E-state index in [1.165, 1.54) is 23.6 Å². The normalized spacial score (nSPS) is 16.3. The zero-order valence-corrected chi connectivity index (χ0v) is 13.7. The van der Waals surface area contributed by atoms with Crippen molar-refractivity contribution >= 4 is 16.9 Å². The predicted octanol–water partition coefficient (Wildman–Crippen LogP) is 3.43. The number of carbonyl (C=O) groups excluding carboxylic acids is 1. The Morgan fingerprint density at radius 2 is 2.00 bits per heavy atom. The van der Waals surface area contributed by atoms with Gasteiger partial charge in [-0.05, 0) is 35.6 Å². The molecule has 2 aromatic carbocycles. The maximum absolute atomic E-state index is 12.0. The van der Waals surface area contributed by atoms with Crippen molar-refractivity contribution in [3.8, 4) is 11.3 Å². The van der Waals surface area contributed by atoms with E-state index >= 15 is 0 Å². The summed E-state index contributed by atoms with van der Waals surface area (Å²) < 4.78 is 7.00. The van der Waals surface area contributed by atoms with Gasteiger partial charge in [-0.1, -0.05) is 42.5 Å². The Bertz CT molecular complexity index is 912. The Morgan fingerprint density at radius 3 is 2.75 bits per heavy atom. The summed E-state index contributed by atoms with van der Waals surface area (Å²) >= 11 is 0. The van der Waals surface area contributed by atoms with E-state index in [1.54, 1.807) is 0 Å². The molecular formula is C20H20N2O2. The Labute approximate surface area is 140 Å². The van der Waals surface area contributed by atoms with E-state index in [0.29, 0.717) is 0 Å². The average Bonchev–Trinajstić information content (AvgIpc) is 2.93. The first-order valence-electron chi connectivity index (χ1n) is 8.22. The molecule has 4 rings (SSSR count). The smallest absolute Gasteiger partial charge is 0.325 e. The Morgan fingerprint density at radius 1 is 1.21 bits per heavy atom. The molecular weight excluding hydrogens is 300 g/mol. The number of hydrogen-bond donors (Lipinski definition) is 1. The van der Waals surface area contributed by atoms with Crippen molar-refractivity contribution in [2.75, 3.05) is 7.11 Å². The molecule has 3 aromatic rings. The van der Waals surface area contributed by atoms with Gasteiger partial charge in [-0.2, -0.15) is 0 Å². The lowest BCUT2D eigenvalue weighted by molar-refractivity contribution is -0.141. The number of ether oxygens (including phenoxy) is 1. The maximum Gasteiger partial charge on any atom is 0.325 e. The number of esters is 1. The van der Waals surface area contributed by atoms with Crippen LogP contribution in [0.3, 0.4) is 0 Å². The van der Waals surface area contributed by atoms with E-state index in [1.807, 2.05) is 24.3 Å². The van der Waals surface area contributed by atoms with Crippen LogP contribution in [0.4, 0.5) is 0 Å². The lowest BCUT2D eigenvalue weighted by Gasteiger charge is -2.20. The molecule has 0 bridgehead atoms. The summed E-state index contributed by atoms with van der Waals surface area (Å²) in [5.74, 6) is -0.246. The number of benzene rings is 2. The number of methoxy groups -OCH3 is 1. The lowest BCUT2D eigenvalue weighted by Crippen LogP contribution is -2.15. The van der Waals surface area contributed by atoms with Gasteiger partial charge < -0.3 is 15.0 Å². The first-order valence-corrected chi connectivity index (χ1v) is 8.22. The van der Waals surface area contributed by atoms with Crippen LogP contribution in [-0.4, -0.2) is 17.6 Å². The van der Waals surface area contributed by atoms with Crippen LogP contribution in [-0.2, 0) is 22.5 Å². The number of nitrogens with two attached hydrogens (primary N) is 1. The summed E-state index contributed by atoms with van der Waals surface area (Å²) in [6.07, 6.45) is 1.85. The van der Waals surface area contributed by atoms with Crippen LogP contribution < -0.4 is 5.73 Å². The highest BCUT2D eigenvalue weighted by atomic mass is 16.5. The van der Waals surface area contributed by atoms with Crippen LogP contribution in [0.15, 0.2) is 48.5 Å². The number of hydrogen-bond acceptors (Lipinski definition) is 3. The highest BCUT2D eigenvalue weighted by Crippen LogP contribution is 2.41. The van der Waals surface area contributed by atoms with Gasteiger partial charge in [-0.3, -0.25) is 4.79 Å². The van der Waals surface area contributed by atoms with Crippen LogP contribution in [0, 0.1) is 0 Å². The Balaban J connectivity index is 2.06. The van der Waals surface area contributed by atoms with Crippen molar-refractivity contribution < 1.29 is 9.53 Å². The molecule has 0 fully saturated rings. The molecule has 1 heterocycles. The number of aromatic nitrogens is 1. The summed E-state index contributed by atoms with van der Waals surface area (Å²) in [7, 11) is 1.43. The minimum absolute atomic E-state index is 0.0544. The van der Waals surface area contributed by atoms with E-state index in [4.69, 9.17) is 10.5 Å². The highest BCUT2D eigenvalue weighted by molar-refractivity contribution is 5.96. The molecule has 1 aromatic heterocycles. The fourth-order valence-corrected chi connectivity index (χ4v) is 3.80. The van der Waals surface area contributed by atoms with E-state index in [0.717, 1.165) is 29.6 Å². The molecule has 1 atom stereocenters. The molecule has 0 aliphatic heterocycles. The van der Waals surface area contributed by atoms with E-state index < -0.39 is 0 Å². The standard InChI is InChI=1S/C20H20N2O2/c1-24-18(23)12-22-17-9-5-8-14-16(21)11-10-15(19(14)17)20(22)13-6-3-2-4-7-13/h2-9,16H,10-12,21H2,1H3. The van der Waals surface area contributed by atoms with Crippen LogP contribution in [0.25, 0.3) is 22.2 Å². The number of nitrogens with zero attached hydrogens (tertiary/aromatic N) is 1. The Hall–Kier alpha value is -2.59. The van der Waals surface area contributed by atoms with Crippen molar-refractivity contribution in [3.05, 3.63) is 59.7 Å². The highest BCUT2D eigenvalue weighted by Gasteiger charge is 2.27. The van der Waals surface area contributed by atoms with Gasteiger partial charge in [0.15, 0.2) is 0 Å². The number of rotatable bonds is 3. The average molecular weight is 320 g/mol. The second-order valence-corrected chi connectivity index (χ2v) is 6.24. The zero-order chi connectivity index (χ0) is 16.7. The minimum atomic E-state index is -0.246. The van der Waals surface area contributed by atoms with Gasteiger partial charge in [0.1, 0.15) is 6.54 Å². The predicted molar refractivity (Wildman–Crippen MR) is 94.6 cm³/mol. The topological polar surface area (TPSA) is 57.2 Å². The third kappa shape index (κ3) is 2.22. The molecule has 4 nitrogen and oxygen atoms in total. The van der Waals surface area contributed by atoms with E-state index in [2.05, 4.69) is 28.8 Å². The molecule has 1 aliphatic carbocycles. The van der Waals surface area contributed by atoms with E-state index in [-0.39, 0.29) is 18.6 Å². The number of aryl methyl sites for hydroxylation is 1. The fourth-order valence-electron chi connectivity index (χ4n) is 3.80. The molecule has 4 heteroatoms. The minimum Gasteiger partial charge on any atom is -0.468 e. The third-order valence-electron chi connectivity index (χ3n) is 4.89. The summed E-state index contributed by atoms with van der Waals surface area (Å²) in [6, 6.07) is 16.5. The van der Waals surface area contributed by atoms with Gasteiger partial charge >= 0.3 is 5.97 Å². The lowest BCUT2D eigenvalue weighted by atomic mass is 9.87. The largest absolute Gasteiger partial charge is 0.468 e. The van der Waals surface area contributed by atoms with Gasteiger partial charge in [-0.15, -0.1) is 0 Å². The zero-order valence-electron chi connectivity index (χ0n) is 13.7. The van der Waals surface area contributed by atoms with Crippen molar-refractivity contribution in [3.63, 3.8) is 0 Å². The fraction of sp³-hybridized carbons (Fsp3) is 0.250. The molecule has 0 amide bonds. The molecule has 2 N–H and O–H groups in total. The van der Waals surface area contributed by atoms with Gasteiger partial charge in [0.2, 0.25) is 0 Å². The van der Waals surface area contributed by atoms with Crippen LogP contribution in [0.2, 0.25) is 0 Å². The van der Waals surface area contributed by atoms with Crippen molar-refractivity contribution in [2.45, 2.75) is 25.4 Å². The van der Waals surface area contributed by atoms with Crippen LogP contribution >= 0.6 is 0 Å². The second-order valence-electron chi connectivity index (χ2n) is 6.24. The van der Waals surface area contributed by atoms with Crippen LogP contribution in [0.5, 0.6) is 0 Å². The van der Waals surface area contributed by atoms with Gasteiger partial charge in [0, 0.05) is 16.9 Å². The van der Waals surface area contributed by atoms with Gasteiger partial charge in [0.05, 0.1) is 12.8 Å². The first-order chi connectivity index (χ1) is 11.7. The molecule has 24 heavy (non-hydrogen) atoms. The summed E-state index contributed by atoms with van der Waals surface area (Å²) in [6.45, 7) is 0.204. The number of carbonyl (C=O) groups is 1. The first kappa shape index (κ1) is 15.0. The van der Waals surface area contributed by atoms with Gasteiger partial charge in [-0.25, -0.2) is 0 Å². The quantitative estimate of drug-likeness (QED) is 0.752. The van der Waals surface area contributed by atoms with Crippen molar-refractivity contribution in [2.24, 2.45) is 5.73 Å². The molecule has 1 unspecified atom stereocenters. The SMILES string of the molecule is COC(=O)Cn1c(-c2ccccc2)c2c3c(cccc31)C(N)CC2.